The van der Waals surface area contributed by atoms with Gasteiger partial charge in [-0.15, -0.1) is 0 Å². The van der Waals surface area contributed by atoms with Crippen LogP contribution in [0.25, 0.3) is 0 Å². The highest BCUT2D eigenvalue weighted by Crippen LogP contribution is 2.23. The summed E-state index contributed by atoms with van der Waals surface area (Å²) in [6.07, 6.45) is 2.94. The van der Waals surface area contributed by atoms with Gasteiger partial charge < -0.3 is 4.42 Å². The van der Waals surface area contributed by atoms with Crippen LogP contribution in [0.5, 0.6) is 0 Å². The van der Waals surface area contributed by atoms with E-state index in [4.69, 9.17) is 27.6 Å². The molecule has 2 nitrogen and oxygen atoms in total. The van der Waals surface area contributed by atoms with Gasteiger partial charge in [0.25, 0.3) is 0 Å². The molecule has 0 aliphatic carbocycles. The molecular weight excluding hydrogens is 207 g/mol. The first kappa shape index (κ1) is 8.97. The zero-order valence-electron chi connectivity index (χ0n) is 5.56. The van der Waals surface area contributed by atoms with E-state index in [1.54, 1.807) is 6.26 Å². The number of hydrogen-bond donors (Lipinski definition) is 0. The van der Waals surface area contributed by atoms with E-state index in [0.29, 0.717) is 5.09 Å². The molecule has 0 atom stereocenters. The summed E-state index contributed by atoms with van der Waals surface area (Å²) in [7, 11) is 0. The molecule has 0 radical (unpaired) electrons. The number of rotatable bonds is 1. The molecule has 1 aromatic rings. The number of halogens is 2. The molecule has 1 aromatic heterocycles. The highest BCUT2D eigenvalue weighted by Gasteiger charge is 2.08. The van der Waals surface area contributed by atoms with Crippen molar-refractivity contribution in [3.8, 4) is 0 Å². The minimum Gasteiger partial charge on any atom is -0.455 e. The van der Waals surface area contributed by atoms with Crippen LogP contribution in [0.15, 0.2) is 20.6 Å². The smallest absolute Gasteiger partial charge is 0.223 e. The van der Waals surface area contributed by atoms with Gasteiger partial charge in [-0.25, -0.2) is 0 Å². The third-order valence-electron chi connectivity index (χ3n) is 1.05. The lowest BCUT2D eigenvalue weighted by molar-refractivity contribution is 0.454. The maximum absolute atomic E-state index is 11.0. The van der Waals surface area contributed by atoms with Gasteiger partial charge in [0.15, 0.2) is 5.09 Å². The summed E-state index contributed by atoms with van der Waals surface area (Å²) in [6.45, 7) is 0. The highest BCUT2D eigenvalue weighted by atomic mass is 35.5. The fourth-order valence-corrected chi connectivity index (χ4v) is 1.53. The van der Waals surface area contributed by atoms with Gasteiger partial charge in [0.05, 0.1) is 0 Å². The van der Waals surface area contributed by atoms with Crippen LogP contribution in [0.2, 0.25) is 10.0 Å². The van der Waals surface area contributed by atoms with Gasteiger partial charge in [-0.05, 0) is 6.26 Å². The Morgan fingerprint density at radius 1 is 1.55 bits per heavy atom. The molecule has 0 bridgehead atoms. The molecule has 1 heterocycles. The number of hydrogen-bond acceptors (Lipinski definition) is 3. The lowest BCUT2D eigenvalue weighted by Gasteiger charge is -1.96. The van der Waals surface area contributed by atoms with Gasteiger partial charge in [0.1, 0.15) is 16.3 Å². The summed E-state index contributed by atoms with van der Waals surface area (Å²) in [5, 5.41) is 0.443. The molecule has 1 rings (SSSR count). The van der Waals surface area contributed by atoms with Crippen LogP contribution in [0.4, 0.5) is 0 Å². The second kappa shape index (κ2) is 3.52. The first-order valence-corrected chi connectivity index (χ1v) is 4.65. The Balaban J connectivity index is 3.37. The van der Waals surface area contributed by atoms with Crippen molar-refractivity contribution in [2.45, 2.75) is 5.09 Å². The van der Waals surface area contributed by atoms with Gasteiger partial charge in [-0.1, -0.05) is 35.0 Å². The number of thioether (sulfide) groups is 1. The van der Waals surface area contributed by atoms with E-state index in [2.05, 4.69) is 0 Å². The van der Waals surface area contributed by atoms with Crippen LogP contribution in [0, 0.1) is 0 Å². The average molecular weight is 211 g/mol. The van der Waals surface area contributed by atoms with Crippen LogP contribution in [-0.4, -0.2) is 6.26 Å². The minimum atomic E-state index is -0.385. The van der Waals surface area contributed by atoms with Crippen LogP contribution >= 0.6 is 35.0 Å². The van der Waals surface area contributed by atoms with Gasteiger partial charge in [0.2, 0.25) is 5.43 Å². The van der Waals surface area contributed by atoms with E-state index in [9.17, 15) is 4.79 Å². The van der Waals surface area contributed by atoms with E-state index in [-0.39, 0.29) is 15.5 Å². The maximum atomic E-state index is 11.0. The molecular formula is C6H4Cl2O2S. The van der Waals surface area contributed by atoms with Crippen molar-refractivity contribution in [3.05, 3.63) is 26.5 Å². The molecule has 0 aromatic carbocycles. The lowest BCUT2D eigenvalue weighted by atomic mass is 10.5. The predicted molar refractivity (Wildman–Crippen MR) is 46.8 cm³/mol. The van der Waals surface area contributed by atoms with Crippen molar-refractivity contribution in [1.29, 1.82) is 0 Å². The molecule has 0 unspecified atom stereocenters. The van der Waals surface area contributed by atoms with Crippen molar-refractivity contribution in [2.75, 3.05) is 6.26 Å². The first-order chi connectivity index (χ1) is 5.16. The van der Waals surface area contributed by atoms with E-state index in [1.165, 1.54) is 18.0 Å². The fraction of sp³-hybridized carbons (Fsp3) is 0.167. The Morgan fingerprint density at radius 3 is 2.73 bits per heavy atom. The molecule has 0 N–H and O–H groups in total. The molecule has 0 amide bonds. The Labute approximate surface area is 77.5 Å². The van der Waals surface area contributed by atoms with Crippen LogP contribution in [0.1, 0.15) is 0 Å². The Kier molecular flexibility index (Phi) is 2.87. The molecule has 0 saturated carbocycles. The lowest BCUT2D eigenvalue weighted by Crippen LogP contribution is -2.01. The molecule has 0 spiro atoms. The molecule has 0 aliphatic rings. The van der Waals surface area contributed by atoms with Crippen LogP contribution in [0.3, 0.4) is 0 Å². The first-order valence-electron chi connectivity index (χ1n) is 2.67. The third-order valence-corrected chi connectivity index (χ3v) is 2.44. The fourth-order valence-electron chi connectivity index (χ4n) is 0.546. The van der Waals surface area contributed by atoms with Crippen LogP contribution in [-0.2, 0) is 0 Å². The Bertz CT molecular complexity index is 321. The van der Waals surface area contributed by atoms with E-state index < -0.39 is 0 Å². The molecule has 0 aliphatic heterocycles. The molecule has 0 saturated heterocycles. The normalized spacial score (nSPS) is 10.1. The van der Waals surface area contributed by atoms with Gasteiger partial charge in [-0.2, -0.15) is 0 Å². The van der Waals surface area contributed by atoms with Crippen molar-refractivity contribution >= 4 is 35.0 Å². The van der Waals surface area contributed by atoms with Gasteiger partial charge >= 0.3 is 0 Å². The predicted octanol–water partition coefficient (Wildman–Crippen LogP) is 2.67. The SMILES string of the molecule is CSc1occ(Cl)c(=O)c1Cl. The topological polar surface area (TPSA) is 30.2 Å². The molecule has 5 heteroatoms. The van der Waals surface area contributed by atoms with Gasteiger partial charge in [0, 0.05) is 0 Å². The zero-order chi connectivity index (χ0) is 8.43. The highest BCUT2D eigenvalue weighted by molar-refractivity contribution is 7.98. The average Bonchev–Trinajstić information content (AvgIpc) is 2.01. The standard InChI is InChI=1S/C6H4Cl2O2S/c1-11-6-4(8)5(9)3(7)2-10-6/h2H,1H3. The van der Waals surface area contributed by atoms with Crippen LogP contribution < -0.4 is 5.43 Å². The second-order valence-electron chi connectivity index (χ2n) is 1.72. The Hall–Kier alpha value is -0.120. The second-order valence-corrected chi connectivity index (χ2v) is 3.28. The minimum absolute atomic E-state index is 0.00722. The Morgan fingerprint density at radius 2 is 2.18 bits per heavy atom. The molecule has 11 heavy (non-hydrogen) atoms. The third kappa shape index (κ3) is 1.72. The van der Waals surface area contributed by atoms with E-state index in [1.807, 2.05) is 0 Å². The summed E-state index contributed by atoms with van der Waals surface area (Å²) in [5.74, 6) is 0. The van der Waals surface area contributed by atoms with Crippen molar-refractivity contribution < 1.29 is 4.42 Å². The van der Waals surface area contributed by atoms with Crippen molar-refractivity contribution in [2.24, 2.45) is 0 Å². The summed E-state index contributed by atoms with van der Waals surface area (Å²) >= 11 is 12.3. The summed E-state index contributed by atoms with van der Waals surface area (Å²) in [4.78, 5) is 11.0. The monoisotopic (exact) mass is 210 g/mol. The van der Waals surface area contributed by atoms with Crippen molar-refractivity contribution in [1.82, 2.24) is 0 Å². The summed E-state index contributed by atoms with van der Waals surface area (Å²) in [5.41, 5.74) is -0.385. The quantitative estimate of drug-likeness (QED) is 0.669. The largest absolute Gasteiger partial charge is 0.455 e. The molecule has 0 fully saturated rings. The van der Waals surface area contributed by atoms with Gasteiger partial charge in [-0.3, -0.25) is 4.79 Å². The van der Waals surface area contributed by atoms with Crippen molar-refractivity contribution in [3.63, 3.8) is 0 Å². The summed E-state index contributed by atoms with van der Waals surface area (Å²) in [6, 6.07) is 0. The zero-order valence-corrected chi connectivity index (χ0v) is 7.89. The molecule has 60 valence electrons. The maximum Gasteiger partial charge on any atom is 0.223 e. The van der Waals surface area contributed by atoms with E-state index in [0.717, 1.165) is 0 Å². The van der Waals surface area contributed by atoms with E-state index >= 15 is 0 Å². The summed E-state index contributed by atoms with van der Waals surface area (Å²) < 4.78 is 4.92.